The van der Waals surface area contributed by atoms with E-state index in [2.05, 4.69) is 47.6 Å². The van der Waals surface area contributed by atoms with Crippen molar-refractivity contribution in [2.75, 3.05) is 19.8 Å². The number of amides is 1. The number of unbranched alkanes of at least 4 members (excludes halogenated alkanes) is 1. The molecular weight excluding hydrogens is 693 g/mol. The molecule has 1 unspecified atom stereocenters. The molecule has 300 valence electrons. The molecule has 5 rings (SSSR count). The van der Waals surface area contributed by atoms with Crippen molar-refractivity contribution in [3.05, 3.63) is 11.6 Å². The smallest absolute Gasteiger partial charge is 0.471 e. The second kappa shape index (κ2) is 14.4. The van der Waals surface area contributed by atoms with Crippen molar-refractivity contribution in [2.45, 2.75) is 138 Å². The van der Waals surface area contributed by atoms with Gasteiger partial charge in [0.25, 0.3) is 0 Å². The summed E-state index contributed by atoms with van der Waals surface area (Å²) in [5, 5.41) is 12.8. The van der Waals surface area contributed by atoms with Gasteiger partial charge in [-0.25, -0.2) is 0 Å². The number of nitrogens with two attached hydrogens (primary N) is 1. The molecule has 0 radical (unpaired) electrons. The van der Waals surface area contributed by atoms with Gasteiger partial charge in [-0.15, -0.1) is 0 Å². The lowest BCUT2D eigenvalue weighted by atomic mass is 9.34. The monoisotopic (exact) mass is 754 g/mol. The zero-order chi connectivity index (χ0) is 39.5. The van der Waals surface area contributed by atoms with Gasteiger partial charge in [-0.05, 0) is 97.7 Å². The van der Waals surface area contributed by atoms with Crippen molar-refractivity contribution in [3.63, 3.8) is 0 Å². The van der Waals surface area contributed by atoms with Crippen molar-refractivity contribution in [1.82, 2.24) is 5.32 Å². The fourth-order valence-corrected chi connectivity index (χ4v) is 12.2. The van der Waals surface area contributed by atoms with E-state index in [0.29, 0.717) is 25.4 Å². The first-order valence-corrected chi connectivity index (χ1v) is 19.5. The Kier molecular flexibility index (Phi) is 11.3. The largest absolute Gasteiger partial charge is 0.481 e. The van der Waals surface area contributed by atoms with Crippen LogP contribution in [0.5, 0.6) is 0 Å². The minimum atomic E-state index is -4.96. The van der Waals surface area contributed by atoms with E-state index in [1.54, 1.807) is 0 Å². The third-order valence-corrected chi connectivity index (χ3v) is 15.4. The molecule has 0 aromatic heterocycles. The number of allylic oxidation sites excluding steroid dienone is 1. The van der Waals surface area contributed by atoms with Gasteiger partial charge >= 0.3 is 30.0 Å². The Bertz CT molecular complexity index is 1490. The third-order valence-electron chi connectivity index (χ3n) is 15.4. The number of alkyl halides is 3. The van der Waals surface area contributed by atoms with Crippen LogP contribution < -0.4 is 11.1 Å². The highest BCUT2D eigenvalue weighted by Gasteiger charge is 2.72. The SMILES string of the molecule is CC(=O)O[C@@H]1C[C@]23COC[C@](C)([C@@H]2CC[C@H]2C3=CC[C@@]3(C)[C@H](C(=O)O)[C@@](C)([C@H](C)C(C)C)CC[C@]23C)[C@H]1OC(=O)C(N)CCCCNC(=O)C(F)(F)F. The van der Waals surface area contributed by atoms with Gasteiger partial charge in [0.2, 0.25) is 0 Å². The minimum absolute atomic E-state index is 0.0300. The quantitative estimate of drug-likeness (QED) is 0.120. The van der Waals surface area contributed by atoms with Crippen LogP contribution >= 0.6 is 0 Å². The molecule has 5 aliphatic rings. The number of fused-ring (bicyclic) bond motifs is 3. The van der Waals surface area contributed by atoms with Crippen molar-refractivity contribution >= 4 is 23.8 Å². The van der Waals surface area contributed by atoms with Gasteiger partial charge in [0, 0.05) is 24.3 Å². The van der Waals surface area contributed by atoms with Crippen molar-refractivity contribution < 1.29 is 51.7 Å². The molecule has 1 amide bonds. The standard InChI is InChI=1S/C40H61F3N2O8/c1-22(2)23(3)35(5)16-17-37(7)25-12-13-29-36(6)20-51-21-39(29,26(25)14-15-38(37,8)30(35)32(47)48)19-28(52-24(4)46)31(36)53-33(49)27(44)11-9-10-18-45-34(50)40(41,42)43/h14,22-23,25,27-31H,9-13,15-21,44H2,1-8H3,(H,45,50)(H,47,48)/t23-,25+,27?,28-,29+,30-,31+,35-,36-,37-,38+,39-/m1/s1. The van der Waals surface area contributed by atoms with Crippen LogP contribution in [0, 0.1) is 56.7 Å². The number of carbonyl (C=O) groups is 4. The molecule has 4 fully saturated rings. The summed E-state index contributed by atoms with van der Waals surface area (Å²) in [5.74, 6) is -3.77. The molecule has 4 N–H and O–H groups in total. The van der Waals surface area contributed by atoms with Gasteiger partial charge in [-0.1, -0.05) is 60.1 Å². The number of rotatable bonds is 11. The van der Waals surface area contributed by atoms with Gasteiger partial charge in [-0.2, -0.15) is 13.2 Å². The maximum Gasteiger partial charge on any atom is 0.471 e. The average Bonchev–Trinajstić information content (AvgIpc) is 3.05. The van der Waals surface area contributed by atoms with Gasteiger partial charge in [-0.3, -0.25) is 19.2 Å². The average molecular weight is 755 g/mol. The van der Waals surface area contributed by atoms with Crippen LogP contribution in [0.25, 0.3) is 0 Å². The number of carboxylic acids is 1. The van der Waals surface area contributed by atoms with Crippen molar-refractivity contribution in [1.29, 1.82) is 0 Å². The molecule has 2 bridgehead atoms. The summed E-state index contributed by atoms with van der Waals surface area (Å²) < 4.78 is 56.1. The van der Waals surface area contributed by atoms with E-state index in [9.17, 15) is 37.5 Å². The summed E-state index contributed by atoms with van der Waals surface area (Å²) in [5.41, 5.74) is 5.09. The Hall–Kier alpha value is -2.67. The van der Waals surface area contributed by atoms with Crippen molar-refractivity contribution in [2.24, 2.45) is 62.4 Å². The lowest BCUT2D eigenvalue weighted by Gasteiger charge is -2.71. The zero-order valence-electron chi connectivity index (χ0n) is 32.7. The van der Waals surface area contributed by atoms with Crippen LogP contribution in [0.2, 0.25) is 0 Å². The maximum absolute atomic E-state index is 13.5. The summed E-state index contributed by atoms with van der Waals surface area (Å²) >= 11 is 0. The molecular formula is C40H61F3N2O8. The maximum atomic E-state index is 13.5. The molecule has 1 saturated heterocycles. The van der Waals surface area contributed by atoms with Gasteiger partial charge in [0.1, 0.15) is 18.2 Å². The zero-order valence-corrected chi connectivity index (χ0v) is 32.7. The second-order valence-corrected chi connectivity index (χ2v) is 18.4. The molecule has 13 heteroatoms. The molecule has 0 aromatic rings. The molecule has 4 aliphatic carbocycles. The van der Waals surface area contributed by atoms with E-state index >= 15 is 0 Å². The lowest BCUT2D eigenvalue weighted by molar-refractivity contribution is -0.263. The fourth-order valence-electron chi connectivity index (χ4n) is 12.2. The van der Waals surface area contributed by atoms with Gasteiger partial charge < -0.3 is 30.4 Å². The van der Waals surface area contributed by atoms with Crippen LogP contribution in [0.4, 0.5) is 13.2 Å². The molecule has 53 heavy (non-hydrogen) atoms. The van der Waals surface area contributed by atoms with Crippen molar-refractivity contribution in [3.8, 4) is 0 Å². The summed E-state index contributed by atoms with van der Waals surface area (Å²) in [4.78, 5) is 50.6. The number of nitrogens with one attached hydrogen (secondary N) is 1. The number of esters is 2. The number of hydrogen-bond donors (Lipinski definition) is 3. The Balaban J connectivity index is 1.41. The van der Waals surface area contributed by atoms with E-state index < -0.39 is 70.4 Å². The molecule has 3 saturated carbocycles. The Morgan fingerprint density at radius 1 is 1.02 bits per heavy atom. The number of hydrogen-bond acceptors (Lipinski definition) is 8. The first-order chi connectivity index (χ1) is 24.5. The predicted molar refractivity (Wildman–Crippen MR) is 190 cm³/mol. The Morgan fingerprint density at radius 3 is 2.30 bits per heavy atom. The van der Waals surface area contributed by atoms with Gasteiger partial charge in [0.05, 0.1) is 19.1 Å². The van der Waals surface area contributed by atoms with E-state index in [4.69, 9.17) is 19.9 Å². The number of ether oxygens (including phenoxy) is 3. The highest BCUT2D eigenvalue weighted by atomic mass is 19.4. The number of aliphatic carboxylic acids is 1. The highest BCUT2D eigenvalue weighted by Crippen LogP contribution is 2.75. The summed E-state index contributed by atoms with van der Waals surface area (Å²) in [7, 11) is 0. The van der Waals surface area contributed by atoms with E-state index in [0.717, 1.165) is 25.7 Å². The summed E-state index contributed by atoms with van der Waals surface area (Å²) in [6.07, 6.45) is 0.705. The van der Waals surface area contributed by atoms with E-state index in [1.165, 1.54) is 12.5 Å². The topological polar surface area (TPSA) is 154 Å². The molecule has 1 heterocycles. The summed E-state index contributed by atoms with van der Waals surface area (Å²) in [6.45, 7) is 17.1. The van der Waals surface area contributed by atoms with Crippen LogP contribution in [-0.4, -0.2) is 73.1 Å². The molecule has 12 atom stereocenters. The second-order valence-electron chi connectivity index (χ2n) is 18.4. The Labute approximate surface area is 311 Å². The number of carboxylic acid groups (broad SMARTS) is 1. The predicted octanol–water partition coefficient (Wildman–Crippen LogP) is 6.59. The highest BCUT2D eigenvalue weighted by molar-refractivity contribution is 5.81. The summed E-state index contributed by atoms with van der Waals surface area (Å²) in [6, 6.07) is -1.07. The fraction of sp³-hybridized carbons (Fsp3) is 0.850. The Morgan fingerprint density at radius 2 is 1.70 bits per heavy atom. The third kappa shape index (κ3) is 6.82. The first kappa shape index (κ1) is 41.5. The van der Waals surface area contributed by atoms with Crippen LogP contribution in [0.3, 0.4) is 0 Å². The molecule has 1 aliphatic heterocycles. The van der Waals surface area contributed by atoms with Gasteiger partial charge in [0.15, 0.2) is 0 Å². The minimum Gasteiger partial charge on any atom is -0.481 e. The molecule has 0 spiro atoms. The lowest BCUT2D eigenvalue weighted by Crippen LogP contribution is -2.70. The van der Waals surface area contributed by atoms with E-state index in [1.807, 2.05) is 12.2 Å². The van der Waals surface area contributed by atoms with Crippen LogP contribution in [-0.2, 0) is 33.4 Å². The first-order valence-electron chi connectivity index (χ1n) is 19.5. The molecule has 10 nitrogen and oxygen atoms in total. The van der Waals surface area contributed by atoms with Crippen LogP contribution in [0.1, 0.15) is 113 Å². The number of halogens is 3. The van der Waals surface area contributed by atoms with E-state index in [-0.39, 0.29) is 61.0 Å². The molecule has 0 aromatic carbocycles. The number of carbonyl (C=O) groups excluding carboxylic acids is 3. The normalized spacial score (nSPS) is 40.4. The van der Waals surface area contributed by atoms with Crippen LogP contribution in [0.15, 0.2) is 11.6 Å².